The fraction of sp³-hybridized carbons (Fsp3) is 0.417. The van der Waals surface area contributed by atoms with E-state index in [9.17, 15) is 4.79 Å². The fourth-order valence-corrected chi connectivity index (χ4v) is 2.54. The second kappa shape index (κ2) is 4.18. The molecule has 16 heavy (non-hydrogen) atoms. The number of anilines is 1. The summed E-state index contributed by atoms with van der Waals surface area (Å²) in [7, 11) is 0. The first kappa shape index (κ1) is 11.6. The highest BCUT2D eigenvalue weighted by Crippen LogP contribution is 2.32. The van der Waals surface area contributed by atoms with E-state index in [1.54, 1.807) is 18.2 Å². The number of ketones is 1. The predicted octanol–water partition coefficient (Wildman–Crippen LogP) is 2.78. The maximum Gasteiger partial charge on any atom is 0.195 e. The van der Waals surface area contributed by atoms with Crippen molar-refractivity contribution in [3.8, 4) is 0 Å². The lowest BCUT2D eigenvalue weighted by molar-refractivity contribution is 0.0213. The highest BCUT2D eigenvalue weighted by molar-refractivity contribution is 9.10. The first-order valence-electron chi connectivity index (χ1n) is 5.27. The van der Waals surface area contributed by atoms with Gasteiger partial charge in [-0.2, -0.15) is 0 Å². The summed E-state index contributed by atoms with van der Waals surface area (Å²) in [4.78, 5) is 12.3. The number of nitrogens with two attached hydrogens (primary N) is 1. The monoisotopic (exact) mass is 283 g/mol. The molecular weight excluding hydrogens is 270 g/mol. The maximum absolute atomic E-state index is 12.3. The van der Waals surface area contributed by atoms with E-state index in [4.69, 9.17) is 10.5 Å². The first-order valence-corrected chi connectivity index (χ1v) is 6.06. The number of carbonyl (C=O) groups excluding carboxylic acids is 1. The molecule has 2 N–H and O–H groups in total. The molecule has 0 radical (unpaired) electrons. The molecule has 0 saturated carbocycles. The molecule has 1 unspecified atom stereocenters. The van der Waals surface area contributed by atoms with Gasteiger partial charge in [0.15, 0.2) is 5.78 Å². The van der Waals surface area contributed by atoms with Crippen LogP contribution in [0.15, 0.2) is 22.7 Å². The van der Waals surface area contributed by atoms with E-state index in [-0.39, 0.29) is 5.78 Å². The molecule has 3 nitrogen and oxygen atoms in total. The number of rotatable bonds is 2. The maximum atomic E-state index is 12.3. The summed E-state index contributed by atoms with van der Waals surface area (Å²) in [5.41, 5.74) is 6.25. The molecule has 1 aliphatic heterocycles. The molecular formula is C12H14BrNO2. The summed E-state index contributed by atoms with van der Waals surface area (Å²) >= 11 is 3.36. The van der Waals surface area contributed by atoms with Gasteiger partial charge in [-0.05, 0) is 53.9 Å². The number of ether oxygens (including phenoxy) is 1. The van der Waals surface area contributed by atoms with E-state index in [1.165, 1.54) is 0 Å². The largest absolute Gasteiger partial charge is 0.399 e. The van der Waals surface area contributed by atoms with Gasteiger partial charge in [0.25, 0.3) is 0 Å². The molecule has 2 rings (SSSR count). The normalized spacial score (nSPS) is 24.6. The quantitative estimate of drug-likeness (QED) is 0.671. The zero-order chi connectivity index (χ0) is 11.8. The minimum absolute atomic E-state index is 0.0249. The van der Waals surface area contributed by atoms with Gasteiger partial charge in [0.1, 0.15) is 5.60 Å². The zero-order valence-corrected chi connectivity index (χ0v) is 10.7. The van der Waals surface area contributed by atoms with Crippen molar-refractivity contribution in [3.63, 3.8) is 0 Å². The van der Waals surface area contributed by atoms with Crippen molar-refractivity contribution in [2.45, 2.75) is 25.4 Å². The van der Waals surface area contributed by atoms with Crippen molar-refractivity contribution in [2.24, 2.45) is 0 Å². The van der Waals surface area contributed by atoms with Crippen molar-refractivity contribution in [1.82, 2.24) is 0 Å². The molecule has 1 fully saturated rings. The molecule has 86 valence electrons. The molecule has 1 atom stereocenters. The molecule has 1 aliphatic rings. The number of halogens is 1. The Morgan fingerprint density at radius 1 is 1.56 bits per heavy atom. The number of benzene rings is 1. The van der Waals surface area contributed by atoms with Crippen LogP contribution in [0.25, 0.3) is 0 Å². The number of nitrogen functional groups attached to an aromatic ring is 1. The van der Waals surface area contributed by atoms with Gasteiger partial charge < -0.3 is 10.5 Å². The van der Waals surface area contributed by atoms with Crippen LogP contribution in [0, 0.1) is 0 Å². The van der Waals surface area contributed by atoms with Crippen LogP contribution in [0.2, 0.25) is 0 Å². The molecule has 0 bridgehead atoms. The highest BCUT2D eigenvalue weighted by Gasteiger charge is 2.38. The van der Waals surface area contributed by atoms with Crippen LogP contribution >= 0.6 is 15.9 Å². The minimum atomic E-state index is -0.668. The number of hydrogen-bond donors (Lipinski definition) is 1. The summed E-state index contributed by atoms with van der Waals surface area (Å²) < 4.78 is 6.27. The van der Waals surface area contributed by atoms with Crippen LogP contribution in [0.4, 0.5) is 5.69 Å². The summed E-state index contributed by atoms with van der Waals surface area (Å²) in [6.45, 7) is 2.51. The van der Waals surface area contributed by atoms with Crippen LogP contribution in [0.3, 0.4) is 0 Å². The number of Topliss-reactive ketones (excluding diaryl/α,β-unsaturated/α-hetero) is 1. The third-order valence-corrected chi connectivity index (χ3v) is 3.59. The zero-order valence-electron chi connectivity index (χ0n) is 9.13. The van der Waals surface area contributed by atoms with E-state index in [2.05, 4.69) is 15.9 Å². The Morgan fingerprint density at radius 3 is 2.88 bits per heavy atom. The van der Waals surface area contributed by atoms with Gasteiger partial charge in [-0.1, -0.05) is 0 Å². The van der Waals surface area contributed by atoms with Crippen molar-refractivity contribution in [3.05, 3.63) is 28.2 Å². The van der Waals surface area contributed by atoms with Crippen molar-refractivity contribution < 1.29 is 9.53 Å². The SMILES string of the molecule is CC1(C(=O)c2ccc(N)cc2Br)CCCO1. The third kappa shape index (κ3) is 1.99. The predicted molar refractivity (Wildman–Crippen MR) is 66.5 cm³/mol. The second-order valence-electron chi connectivity index (χ2n) is 4.25. The van der Waals surface area contributed by atoms with E-state index < -0.39 is 5.60 Å². The van der Waals surface area contributed by atoms with E-state index >= 15 is 0 Å². The standard InChI is InChI=1S/C12H14BrNO2/c1-12(5-2-6-16-12)11(15)9-4-3-8(14)7-10(9)13/h3-4,7H,2,5-6,14H2,1H3. The molecule has 1 saturated heterocycles. The smallest absolute Gasteiger partial charge is 0.195 e. The lowest BCUT2D eigenvalue weighted by atomic mass is 9.92. The Bertz CT molecular complexity index is 425. The van der Waals surface area contributed by atoms with Crippen molar-refractivity contribution in [2.75, 3.05) is 12.3 Å². The minimum Gasteiger partial charge on any atom is -0.399 e. The van der Waals surface area contributed by atoms with E-state index in [1.807, 2.05) is 6.92 Å². The molecule has 1 aromatic carbocycles. The van der Waals surface area contributed by atoms with Crippen LogP contribution < -0.4 is 5.73 Å². The van der Waals surface area contributed by atoms with Gasteiger partial charge >= 0.3 is 0 Å². The Kier molecular flexibility index (Phi) is 3.04. The Hall–Kier alpha value is -0.870. The molecule has 1 heterocycles. The van der Waals surface area contributed by atoms with Gasteiger partial charge in [0.05, 0.1) is 0 Å². The molecule has 0 aromatic heterocycles. The van der Waals surface area contributed by atoms with Crippen molar-refractivity contribution >= 4 is 27.4 Å². The number of hydrogen-bond acceptors (Lipinski definition) is 3. The van der Waals surface area contributed by atoms with Gasteiger partial charge in [-0.3, -0.25) is 4.79 Å². The Labute approximate surface area is 103 Å². The summed E-state index contributed by atoms with van der Waals surface area (Å²) in [6.07, 6.45) is 1.72. The average molecular weight is 284 g/mol. The molecule has 0 amide bonds. The van der Waals surface area contributed by atoms with E-state index in [0.29, 0.717) is 17.9 Å². The van der Waals surface area contributed by atoms with Gasteiger partial charge in [-0.15, -0.1) is 0 Å². The second-order valence-corrected chi connectivity index (χ2v) is 5.11. The van der Waals surface area contributed by atoms with Gasteiger partial charge in [0, 0.05) is 22.3 Å². The lowest BCUT2D eigenvalue weighted by Gasteiger charge is -2.22. The highest BCUT2D eigenvalue weighted by atomic mass is 79.9. The van der Waals surface area contributed by atoms with Crippen LogP contribution in [0.5, 0.6) is 0 Å². The Balaban J connectivity index is 2.33. The van der Waals surface area contributed by atoms with E-state index in [0.717, 1.165) is 17.3 Å². The first-order chi connectivity index (χ1) is 7.53. The Morgan fingerprint density at radius 2 is 2.31 bits per heavy atom. The third-order valence-electron chi connectivity index (χ3n) is 2.94. The van der Waals surface area contributed by atoms with Crippen molar-refractivity contribution in [1.29, 1.82) is 0 Å². The summed E-state index contributed by atoms with van der Waals surface area (Å²) in [5, 5.41) is 0. The van der Waals surface area contributed by atoms with Gasteiger partial charge in [-0.25, -0.2) is 0 Å². The van der Waals surface area contributed by atoms with Crippen LogP contribution in [0.1, 0.15) is 30.1 Å². The number of carbonyl (C=O) groups is 1. The lowest BCUT2D eigenvalue weighted by Crippen LogP contribution is -2.34. The molecule has 4 heteroatoms. The summed E-state index contributed by atoms with van der Waals surface area (Å²) in [6, 6.07) is 5.22. The fourth-order valence-electron chi connectivity index (χ4n) is 1.96. The van der Waals surface area contributed by atoms with Gasteiger partial charge in [0.2, 0.25) is 0 Å². The van der Waals surface area contributed by atoms with Crippen LogP contribution in [-0.2, 0) is 4.74 Å². The molecule has 0 spiro atoms. The topological polar surface area (TPSA) is 52.3 Å². The summed E-state index contributed by atoms with van der Waals surface area (Å²) in [5.74, 6) is 0.0249. The average Bonchev–Trinajstić information content (AvgIpc) is 2.66. The molecule has 1 aromatic rings. The molecule has 0 aliphatic carbocycles. The van der Waals surface area contributed by atoms with Crippen LogP contribution in [-0.4, -0.2) is 18.0 Å².